The molecule has 2 aromatic carbocycles. The number of rotatable bonds is 6. The van der Waals surface area contributed by atoms with Gasteiger partial charge in [-0.2, -0.15) is 0 Å². The lowest BCUT2D eigenvalue weighted by molar-refractivity contribution is -0.143. The fraction of sp³-hybridized carbons (Fsp3) is 0.316. The van der Waals surface area contributed by atoms with Gasteiger partial charge in [0.15, 0.2) is 0 Å². The largest absolute Gasteiger partial charge is 0.497 e. The second kappa shape index (κ2) is 7.76. The Morgan fingerprint density at radius 3 is 2.80 bits per heavy atom. The summed E-state index contributed by atoms with van der Waals surface area (Å²) in [5.74, 6) is 0.391. The van der Waals surface area contributed by atoms with Gasteiger partial charge in [-0.05, 0) is 36.2 Å². The van der Waals surface area contributed by atoms with Gasteiger partial charge >= 0.3 is 5.97 Å². The smallest absolute Gasteiger partial charge is 0.325 e. The molecule has 6 heteroatoms. The van der Waals surface area contributed by atoms with E-state index in [4.69, 9.17) is 21.1 Å². The van der Waals surface area contributed by atoms with E-state index in [-0.39, 0.29) is 6.10 Å². The van der Waals surface area contributed by atoms with E-state index >= 15 is 0 Å². The quantitative estimate of drug-likeness (QED) is 0.851. The van der Waals surface area contributed by atoms with Crippen LogP contribution in [0.15, 0.2) is 48.5 Å². The van der Waals surface area contributed by atoms with Crippen molar-refractivity contribution in [2.75, 3.05) is 20.2 Å². The second-order valence-corrected chi connectivity index (χ2v) is 6.38. The number of carboxylic acid groups (broad SMARTS) is 1. The minimum absolute atomic E-state index is 0.0904. The van der Waals surface area contributed by atoms with Crippen LogP contribution in [0, 0.1) is 0 Å². The van der Waals surface area contributed by atoms with Crippen LogP contribution in [-0.4, -0.2) is 42.3 Å². The van der Waals surface area contributed by atoms with Crippen molar-refractivity contribution in [1.82, 2.24) is 4.90 Å². The van der Waals surface area contributed by atoms with Crippen LogP contribution in [0.4, 0.5) is 0 Å². The van der Waals surface area contributed by atoms with Crippen molar-refractivity contribution in [3.05, 3.63) is 59.1 Å². The number of benzene rings is 2. The third-order valence-corrected chi connectivity index (χ3v) is 4.63. The van der Waals surface area contributed by atoms with Gasteiger partial charge in [0.2, 0.25) is 0 Å². The molecule has 1 fully saturated rings. The highest BCUT2D eigenvalue weighted by molar-refractivity contribution is 6.32. The zero-order chi connectivity index (χ0) is 17.8. The number of hydrogen-bond acceptors (Lipinski definition) is 4. The number of ether oxygens (including phenoxy) is 2. The number of halogens is 1. The third-order valence-electron chi connectivity index (χ3n) is 4.32. The molecule has 3 rings (SSSR count). The monoisotopic (exact) mass is 361 g/mol. The standard InChI is InChI=1S/C19H20ClNO4/c1-24-14-6-4-5-13(11-14)18(19(22)23)21-10-9-15(12-21)25-17-8-3-2-7-16(17)20/h2-8,11,15,18H,9-10,12H2,1H3,(H,22,23). The average molecular weight is 362 g/mol. The summed E-state index contributed by atoms with van der Waals surface area (Å²) in [7, 11) is 1.57. The van der Waals surface area contributed by atoms with Crippen molar-refractivity contribution >= 4 is 17.6 Å². The van der Waals surface area contributed by atoms with Crippen LogP contribution in [-0.2, 0) is 4.79 Å². The number of methoxy groups -OCH3 is 1. The van der Waals surface area contributed by atoms with Crippen LogP contribution in [0.3, 0.4) is 0 Å². The Morgan fingerprint density at radius 1 is 1.28 bits per heavy atom. The predicted octanol–water partition coefficient (Wildman–Crippen LogP) is 3.63. The van der Waals surface area contributed by atoms with E-state index in [2.05, 4.69) is 0 Å². The number of carbonyl (C=O) groups is 1. The number of carboxylic acids is 1. The molecular formula is C19H20ClNO4. The molecular weight excluding hydrogens is 342 g/mol. The van der Waals surface area contributed by atoms with Gasteiger partial charge in [0.25, 0.3) is 0 Å². The molecule has 2 aromatic rings. The molecule has 1 N–H and O–H groups in total. The molecule has 0 bridgehead atoms. The maximum Gasteiger partial charge on any atom is 0.325 e. The molecule has 5 nitrogen and oxygen atoms in total. The van der Waals surface area contributed by atoms with Crippen molar-refractivity contribution in [2.45, 2.75) is 18.6 Å². The van der Waals surface area contributed by atoms with Gasteiger partial charge in [-0.3, -0.25) is 9.69 Å². The minimum atomic E-state index is -0.883. The minimum Gasteiger partial charge on any atom is -0.497 e. The van der Waals surface area contributed by atoms with Gasteiger partial charge in [-0.25, -0.2) is 0 Å². The van der Waals surface area contributed by atoms with Gasteiger partial charge in [0, 0.05) is 13.1 Å². The van der Waals surface area contributed by atoms with E-state index in [0.717, 1.165) is 6.42 Å². The molecule has 0 spiro atoms. The molecule has 2 atom stereocenters. The molecule has 0 aliphatic carbocycles. The summed E-state index contributed by atoms with van der Waals surface area (Å²) in [5, 5.41) is 10.3. The first-order chi connectivity index (χ1) is 12.1. The number of likely N-dealkylation sites (tertiary alicyclic amines) is 1. The van der Waals surface area contributed by atoms with E-state index in [9.17, 15) is 9.90 Å². The Bertz CT molecular complexity index is 752. The fourth-order valence-electron chi connectivity index (χ4n) is 3.13. The molecule has 1 aliphatic heterocycles. The highest BCUT2D eigenvalue weighted by Crippen LogP contribution is 2.31. The molecule has 132 valence electrons. The molecule has 0 saturated carbocycles. The molecule has 0 amide bonds. The van der Waals surface area contributed by atoms with Crippen LogP contribution in [0.1, 0.15) is 18.0 Å². The average Bonchev–Trinajstić information content (AvgIpc) is 3.05. The van der Waals surface area contributed by atoms with Crippen LogP contribution < -0.4 is 9.47 Å². The van der Waals surface area contributed by atoms with E-state index in [0.29, 0.717) is 35.2 Å². The Labute approximate surface area is 151 Å². The highest BCUT2D eigenvalue weighted by Gasteiger charge is 2.34. The lowest BCUT2D eigenvalue weighted by atomic mass is 10.1. The van der Waals surface area contributed by atoms with E-state index in [1.165, 1.54) is 0 Å². The zero-order valence-electron chi connectivity index (χ0n) is 13.9. The lowest BCUT2D eigenvalue weighted by Crippen LogP contribution is -2.34. The van der Waals surface area contributed by atoms with Gasteiger partial charge < -0.3 is 14.6 Å². The maximum absolute atomic E-state index is 11.9. The van der Waals surface area contributed by atoms with Crippen molar-refractivity contribution in [3.8, 4) is 11.5 Å². The highest BCUT2D eigenvalue weighted by atomic mass is 35.5. The van der Waals surface area contributed by atoms with Crippen LogP contribution >= 0.6 is 11.6 Å². The number of hydrogen-bond donors (Lipinski definition) is 1. The first-order valence-corrected chi connectivity index (χ1v) is 8.48. The maximum atomic E-state index is 11.9. The molecule has 0 radical (unpaired) electrons. The number of para-hydroxylation sites is 1. The summed E-state index contributed by atoms with van der Waals surface area (Å²) in [4.78, 5) is 13.8. The van der Waals surface area contributed by atoms with Gasteiger partial charge in [0.1, 0.15) is 23.6 Å². The van der Waals surface area contributed by atoms with E-state index in [1.807, 2.05) is 29.2 Å². The van der Waals surface area contributed by atoms with E-state index in [1.54, 1.807) is 31.4 Å². The molecule has 1 heterocycles. The number of aliphatic carboxylic acids is 1. The molecule has 1 saturated heterocycles. The third kappa shape index (κ3) is 4.06. The lowest BCUT2D eigenvalue weighted by Gasteiger charge is -2.25. The summed E-state index contributed by atoms with van der Waals surface area (Å²) < 4.78 is 11.2. The first-order valence-electron chi connectivity index (χ1n) is 8.10. The van der Waals surface area contributed by atoms with Crippen molar-refractivity contribution in [3.63, 3.8) is 0 Å². The predicted molar refractivity (Wildman–Crippen MR) is 95.4 cm³/mol. The van der Waals surface area contributed by atoms with Gasteiger partial charge in [-0.15, -0.1) is 0 Å². The molecule has 1 aliphatic rings. The van der Waals surface area contributed by atoms with Crippen molar-refractivity contribution in [1.29, 1.82) is 0 Å². The normalized spacial score (nSPS) is 18.7. The summed E-state index contributed by atoms with van der Waals surface area (Å²) in [6, 6.07) is 13.8. The molecule has 25 heavy (non-hydrogen) atoms. The Kier molecular flexibility index (Phi) is 5.46. The Hall–Kier alpha value is -2.24. The topological polar surface area (TPSA) is 59.0 Å². The first kappa shape index (κ1) is 17.6. The summed E-state index contributed by atoms with van der Waals surface area (Å²) in [6.45, 7) is 1.17. The zero-order valence-corrected chi connectivity index (χ0v) is 14.6. The summed E-state index contributed by atoms with van der Waals surface area (Å²) >= 11 is 6.13. The summed E-state index contributed by atoms with van der Waals surface area (Å²) in [6.07, 6.45) is 0.659. The Morgan fingerprint density at radius 2 is 2.08 bits per heavy atom. The van der Waals surface area contributed by atoms with Crippen LogP contribution in [0.25, 0.3) is 0 Å². The molecule has 2 unspecified atom stereocenters. The SMILES string of the molecule is COc1cccc(C(C(=O)O)N2CCC(Oc3ccccc3Cl)C2)c1. The van der Waals surface area contributed by atoms with Crippen molar-refractivity contribution < 1.29 is 19.4 Å². The van der Waals surface area contributed by atoms with Gasteiger partial charge in [-0.1, -0.05) is 35.9 Å². The molecule has 0 aromatic heterocycles. The van der Waals surface area contributed by atoms with Crippen LogP contribution in [0.5, 0.6) is 11.5 Å². The number of nitrogens with zero attached hydrogens (tertiary/aromatic N) is 1. The van der Waals surface area contributed by atoms with Gasteiger partial charge in [0.05, 0.1) is 12.1 Å². The van der Waals surface area contributed by atoms with E-state index < -0.39 is 12.0 Å². The van der Waals surface area contributed by atoms with Crippen LogP contribution in [0.2, 0.25) is 5.02 Å². The summed E-state index contributed by atoms with van der Waals surface area (Å²) in [5.41, 5.74) is 0.699. The fourth-order valence-corrected chi connectivity index (χ4v) is 3.31. The van der Waals surface area contributed by atoms with Crippen molar-refractivity contribution in [2.24, 2.45) is 0 Å². The Balaban J connectivity index is 1.73. The second-order valence-electron chi connectivity index (χ2n) is 5.97.